The molecule has 5 heteroatoms. The highest BCUT2D eigenvalue weighted by atomic mass is 19.3. The number of aliphatic hydroxyl groups is 1. The lowest BCUT2D eigenvalue weighted by Gasteiger charge is -2.30. The van der Waals surface area contributed by atoms with Crippen molar-refractivity contribution in [2.45, 2.75) is 38.2 Å². The summed E-state index contributed by atoms with van der Waals surface area (Å²) < 4.78 is 28.2. The van der Waals surface area contributed by atoms with Crippen molar-refractivity contribution >= 4 is 0 Å². The molecule has 0 aromatic heterocycles. The van der Waals surface area contributed by atoms with Gasteiger partial charge in [0.2, 0.25) is 0 Å². The van der Waals surface area contributed by atoms with Gasteiger partial charge in [0.1, 0.15) is 6.61 Å². The molecular formula is C10H21F2NO2. The van der Waals surface area contributed by atoms with E-state index < -0.39 is 13.0 Å². The molecule has 0 aliphatic rings. The minimum atomic E-state index is -2.40. The molecule has 92 valence electrons. The summed E-state index contributed by atoms with van der Waals surface area (Å²) in [5.41, 5.74) is -0.297. The van der Waals surface area contributed by atoms with E-state index in [1.807, 2.05) is 6.92 Å². The summed E-state index contributed by atoms with van der Waals surface area (Å²) in [5.74, 6) is 0. The van der Waals surface area contributed by atoms with Crippen molar-refractivity contribution in [1.82, 2.24) is 5.32 Å². The Labute approximate surface area is 89.8 Å². The number of aliphatic hydroxyl groups excluding tert-OH is 1. The van der Waals surface area contributed by atoms with Crippen molar-refractivity contribution in [1.29, 1.82) is 0 Å². The highest BCUT2D eigenvalue weighted by molar-refractivity contribution is 4.84. The maximum atomic E-state index is 11.7. The van der Waals surface area contributed by atoms with E-state index in [0.29, 0.717) is 13.0 Å². The van der Waals surface area contributed by atoms with Gasteiger partial charge >= 0.3 is 0 Å². The minimum absolute atomic E-state index is 0.0504. The molecule has 1 unspecified atom stereocenters. The van der Waals surface area contributed by atoms with Gasteiger partial charge in [-0.2, -0.15) is 0 Å². The van der Waals surface area contributed by atoms with Crippen molar-refractivity contribution in [3.8, 4) is 0 Å². The lowest BCUT2D eigenvalue weighted by atomic mass is 9.92. The molecule has 2 N–H and O–H groups in total. The smallest absolute Gasteiger partial charge is 0.261 e. The van der Waals surface area contributed by atoms with Gasteiger partial charge in [-0.3, -0.25) is 0 Å². The minimum Gasteiger partial charge on any atom is -0.394 e. The van der Waals surface area contributed by atoms with Gasteiger partial charge in [-0.25, -0.2) is 8.78 Å². The summed E-state index contributed by atoms with van der Waals surface area (Å²) in [7, 11) is 1.79. The Balaban J connectivity index is 3.63. The lowest BCUT2D eigenvalue weighted by molar-refractivity contribution is 0.0131. The summed E-state index contributed by atoms with van der Waals surface area (Å²) in [5, 5.41) is 12.3. The summed E-state index contributed by atoms with van der Waals surface area (Å²) in [6.45, 7) is 1.84. The van der Waals surface area contributed by atoms with E-state index >= 15 is 0 Å². The van der Waals surface area contributed by atoms with E-state index in [0.717, 1.165) is 12.8 Å². The van der Waals surface area contributed by atoms with Gasteiger partial charge in [0.25, 0.3) is 6.43 Å². The SMILES string of the molecule is CCC(CO)(CCCOCC(F)F)NC. The third-order valence-corrected chi connectivity index (χ3v) is 2.70. The third-order valence-electron chi connectivity index (χ3n) is 2.70. The van der Waals surface area contributed by atoms with Gasteiger partial charge in [-0.15, -0.1) is 0 Å². The van der Waals surface area contributed by atoms with E-state index in [4.69, 9.17) is 4.74 Å². The summed E-state index contributed by atoms with van der Waals surface area (Å²) >= 11 is 0. The first-order chi connectivity index (χ1) is 7.10. The van der Waals surface area contributed by atoms with Crippen LogP contribution in [0.25, 0.3) is 0 Å². The van der Waals surface area contributed by atoms with Crippen LogP contribution in [-0.4, -0.2) is 43.9 Å². The molecule has 0 aliphatic heterocycles. The van der Waals surface area contributed by atoms with Crippen LogP contribution in [0.2, 0.25) is 0 Å². The zero-order chi connectivity index (χ0) is 11.7. The van der Waals surface area contributed by atoms with E-state index in [1.165, 1.54) is 0 Å². The van der Waals surface area contributed by atoms with E-state index in [9.17, 15) is 13.9 Å². The molecule has 0 aromatic carbocycles. The Morgan fingerprint density at radius 3 is 2.53 bits per heavy atom. The summed E-state index contributed by atoms with van der Waals surface area (Å²) in [6, 6.07) is 0. The quantitative estimate of drug-likeness (QED) is 0.583. The fourth-order valence-corrected chi connectivity index (χ4v) is 1.43. The molecule has 0 saturated carbocycles. The lowest BCUT2D eigenvalue weighted by Crippen LogP contribution is -2.46. The predicted molar refractivity (Wildman–Crippen MR) is 55.2 cm³/mol. The van der Waals surface area contributed by atoms with Crippen LogP contribution in [0.3, 0.4) is 0 Å². The van der Waals surface area contributed by atoms with Gasteiger partial charge in [-0.1, -0.05) is 6.92 Å². The molecule has 0 aromatic rings. The number of likely N-dealkylation sites (N-methyl/N-ethyl adjacent to an activating group) is 1. The molecular weight excluding hydrogens is 204 g/mol. The highest BCUT2D eigenvalue weighted by Gasteiger charge is 2.24. The van der Waals surface area contributed by atoms with Gasteiger partial charge in [0, 0.05) is 12.1 Å². The average Bonchev–Trinajstić information content (AvgIpc) is 2.24. The number of alkyl halides is 2. The van der Waals surface area contributed by atoms with Crippen molar-refractivity contribution < 1.29 is 18.6 Å². The normalized spacial score (nSPS) is 15.6. The fraction of sp³-hybridized carbons (Fsp3) is 1.00. The molecule has 0 bridgehead atoms. The van der Waals surface area contributed by atoms with Crippen LogP contribution in [0.1, 0.15) is 26.2 Å². The molecule has 0 aliphatic carbocycles. The Morgan fingerprint density at radius 2 is 2.13 bits per heavy atom. The predicted octanol–water partition coefficient (Wildman–Crippen LogP) is 1.41. The Bertz CT molecular complexity index is 144. The maximum absolute atomic E-state index is 11.7. The second-order valence-electron chi connectivity index (χ2n) is 3.61. The first-order valence-corrected chi connectivity index (χ1v) is 5.26. The Kier molecular flexibility index (Phi) is 7.82. The molecule has 0 amide bonds. The van der Waals surface area contributed by atoms with Crippen molar-refractivity contribution in [3.63, 3.8) is 0 Å². The number of halogens is 2. The third kappa shape index (κ3) is 6.02. The van der Waals surface area contributed by atoms with Gasteiger partial charge in [0.15, 0.2) is 0 Å². The zero-order valence-corrected chi connectivity index (χ0v) is 9.43. The van der Waals surface area contributed by atoms with Crippen LogP contribution in [0.4, 0.5) is 8.78 Å². The molecule has 3 nitrogen and oxygen atoms in total. The second kappa shape index (κ2) is 7.96. The number of hydrogen-bond acceptors (Lipinski definition) is 3. The number of hydrogen-bond donors (Lipinski definition) is 2. The molecule has 0 heterocycles. The Morgan fingerprint density at radius 1 is 1.47 bits per heavy atom. The number of ether oxygens (including phenoxy) is 1. The molecule has 0 saturated heterocycles. The van der Waals surface area contributed by atoms with Crippen LogP contribution in [0.5, 0.6) is 0 Å². The summed E-state index contributed by atoms with van der Waals surface area (Å²) in [4.78, 5) is 0. The van der Waals surface area contributed by atoms with Crippen molar-refractivity contribution in [2.24, 2.45) is 0 Å². The topological polar surface area (TPSA) is 41.5 Å². The van der Waals surface area contributed by atoms with E-state index in [1.54, 1.807) is 7.05 Å². The fourth-order valence-electron chi connectivity index (χ4n) is 1.43. The molecule has 0 fully saturated rings. The number of rotatable bonds is 9. The zero-order valence-electron chi connectivity index (χ0n) is 9.43. The molecule has 0 radical (unpaired) electrons. The first-order valence-electron chi connectivity index (χ1n) is 5.26. The molecule has 1 atom stereocenters. The largest absolute Gasteiger partial charge is 0.394 e. The van der Waals surface area contributed by atoms with Gasteiger partial charge in [-0.05, 0) is 26.3 Å². The van der Waals surface area contributed by atoms with Crippen LogP contribution < -0.4 is 5.32 Å². The van der Waals surface area contributed by atoms with Crippen LogP contribution >= 0.6 is 0 Å². The van der Waals surface area contributed by atoms with Crippen molar-refractivity contribution in [3.05, 3.63) is 0 Å². The number of nitrogens with one attached hydrogen (secondary N) is 1. The van der Waals surface area contributed by atoms with Crippen LogP contribution in [-0.2, 0) is 4.74 Å². The monoisotopic (exact) mass is 225 g/mol. The van der Waals surface area contributed by atoms with Crippen LogP contribution in [0.15, 0.2) is 0 Å². The molecule has 0 spiro atoms. The first kappa shape index (κ1) is 14.7. The standard InChI is InChI=1S/C10H21F2NO2/c1-3-10(8-14,13-2)5-4-6-15-7-9(11)12/h9,13-14H,3-8H2,1-2H3. The van der Waals surface area contributed by atoms with Gasteiger partial charge < -0.3 is 15.2 Å². The molecule has 0 rings (SSSR count). The Hall–Kier alpha value is -0.260. The average molecular weight is 225 g/mol. The molecule has 15 heavy (non-hydrogen) atoms. The second-order valence-corrected chi connectivity index (χ2v) is 3.61. The van der Waals surface area contributed by atoms with E-state index in [-0.39, 0.29) is 12.1 Å². The highest BCUT2D eigenvalue weighted by Crippen LogP contribution is 2.16. The maximum Gasteiger partial charge on any atom is 0.261 e. The summed E-state index contributed by atoms with van der Waals surface area (Å²) in [6.07, 6.45) is -0.209. The van der Waals surface area contributed by atoms with E-state index in [2.05, 4.69) is 5.32 Å². The van der Waals surface area contributed by atoms with Crippen LogP contribution in [0, 0.1) is 0 Å². The van der Waals surface area contributed by atoms with Gasteiger partial charge in [0.05, 0.1) is 6.61 Å². The van der Waals surface area contributed by atoms with Crippen molar-refractivity contribution in [2.75, 3.05) is 26.9 Å².